The minimum absolute atomic E-state index is 0.244. The molecule has 0 radical (unpaired) electrons. The summed E-state index contributed by atoms with van der Waals surface area (Å²) in [5.74, 6) is 0. The molecule has 3 nitrogen and oxygen atoms in total. The van der Waals surface area contributed by atoms with Crippen molar-refractivity contribution in [3.05, 3.63) is 129 Å². The van der Waals surface area contributed by atoms with E-state index in [0.717, 1.165) is 17.7 Å². The first-order valence-corrected chi connectivity index (χ1v) is 11.8. The van der Waals surface area contributed by atoms with Crippen LogP contribution in [0.2, 0.25) is 15.1 Å². The Morgan fingerprint density at radius 1 is 0.909 bits per heavy atom. The second-order valence-corrected chi connectivity index (χ2v) is 8.99. The molecule has 6 heteroatoms. The molecule has 0 aliphatic carbocycles. The van der Waals surface area contributed by atoms with Crippen molar-refractivity contribution in [3.8, 4) is 0 Å². The van der Waals surface area contributed by atoms with Gasteiger partial charge in [0.2, 0.25) is 6.33 Å². The molecule has 1 unspecified atom stereocenters. The molecule has 1 aromatic heterocycles. The number of imidazole rings is 1. The van der Waals surface area contributed by atoms with Gasteiger partial charge in [-0.15, -0.1) is 0 Å². The molecule has 0 bridgehead atoms. The van der Waals surface area contributed by atoms with Crippen LogP contribution in [0.1, 0.15) is 22.8 Å². The lowest BCUT2D eigenvalue weighted by Gasteiger charge is -2.18. The smallest absolute Gasteiger partial charge is 0.244 e. The van der Waals surface area contributed by atoms with Crippen LogP contribution in [-0.4, -0.2) is 4.57 Å². The summed E-state index contributed by atoms with van der Waals surface area (Å²) in [5, 5.41) is 1.90. The average Bonchev–Trinajstić information content (AvgIpc) is 3.26. The molecule has 33 heavy (non-hydrogen) atoms. The molecule has 0 aliphatic heterocycles. The lowest BCUT2D eigenvalue weighted by Crippen LogP contribution is -2.30. The van der Waals surface area contributed by atoms with Crippen molar-refractivity contribution < 1.29 is 9.30 Å². The van der Waals surface area contributed by atoms with Crippen LogP contribution in [0.15, 0.2) is 97.6 Å². The van der Waals surface area contributed by atoms with Crippen molar-refractivity contribution in [1.29, 1.82) is 0 Å². The predicted octanol–water partition coefficient (Wildman–Crippen LogP) is 7.41. The second-order valence-electron chi connectivity index (χ2n) is 7.71. The Morgan fingerprint density at radius 2 is 1.67 bits per heavy atom. The maximum Gasteiger partial charge on any atom is 0.244 e. The fourth-order valence-corrected chi connectivity index (χ4v) is 4.16. The Kier molecular flexibility index (Phi) is 8.25. The molecule has 0 amide bonds. The summed E-state index contributed by atoms with van der Waals surface area (Å²) in [6.07, 6.45) is 10.2. The van der Waals surface area contributed by atoms with E-state index in [9.17, 15) is 0 Å². The monoisotopic (exact) mass is 497 g/mol. The van der Waals surface area contributed by atoms with Crippen LogP contribution in [0.25, 0.3) is 6.08 Å². The van der Waals surface area contributed by atoms with Gasteiger partial charge in [0.25, 0.3) is 0 Å². The first-order chi connectivity index (χ1) is 16.1. The Labute approximate surface area is 209 Å². The Balaban J connectivity index is 1.46. The molecule has 1 atom stereocenters. The van der Waals surface area contributed by atoms with Gasteiger partial charge in [0.05, 0.1) is 6.61 Å². The molecule has 3 aromatic carbocycles. The van der Waals surface area contributed by atoms with E-state index in [1.165, 1.54) is 5.56 Å². The van der Waals surface area contributed by atoms with Crippen LogP contribution in [0.3, 0.4) is 0 Å². The van der Waals surface area contributed by atoms with Gasteiger partial charge in [0.15, 0.2) is 0 Å². The lowest BCUT2D eigenvalue weighted by atomic mass is 10.1. The summed E-state index contributed by atoms with van der Waals surface area (Å²) in [6, 6.07) is 23.4. The summed E-state index contributed by atoms with van der Waals surface area (Å²) < 4.78 is 10.5. The van der Waals surface area contributed by atoms with Crippen molar-refractivity contribution in [2.45, 2.75) is 25.8 Å². The fraction of sp³-hybridized carbons (Fsp3) is 0.148. The highest BCUT2D eigenvalue weighted by atomic mass is 35.5. The molecule has 0 saturated carbocycles. The Bertz CT molecular complexity index is 1200. The zero-order valence-electron chi connectivity index (χ0n) is 18.0. The molecule has 0 spiro atoms. The van der Waals surface area contributed by atoms with E-state index in [1.54, 1.807) is 6.07 Å². The number of aromatic nitrogens is 2. The lowest BCUT2D eigenvalue weighted by molar-refractivity contribution is -0.686. The van der Waals surface area contributed by atoms with Gasteiger partial charge in [-0.1, -0.05) is 89.4 Å². The summed E-state index contributed by atoms with van der Waals surface area (Å²) in [7, 11) is 0. The molecular formula is C27H24Cl3N2O+. The molecule has 0 aliphatic rings. The van der Waals surface area contributed by atoms with Crippen LogP contribution < -0.4 is 4.57 Å². The number of halogens is 3. The summed E-state index contributed by atoms with van der Waals surface area (Å²) in [6.45, 7) is 1.84. The van der Waals surface area contributed by atoms with Crippen LogP contribution in [-0.2, 0) is 24.4 Å². The van der Waals surface area contributed by atoms with Crippen molar-refractivity contribution in [1.82, 2.24) is 4.57 Å². The van der Waals surface area contributed by atoms with Gasteiger partial charge in [-0.05, 0) is 41.5 Å². The summed E-state index contributed by atoms with van der Waals surface area (Å²) >= 11 is 18.6. The van der Waals surface area contributed by atoms with E-state index in [-0.39, 0.29) is 6.10 Å². The molecule has 0 fully saturated rings. The topological polar surface area (TPSA) is 18.0 Å². The Hall–Kier alpha value is -2.56. The third kappa shape index (κ3) is 6.96. The number of rotatable bonds is 9. The van der Waals surface area contributed by atoms with E-state index >= 15 is 0 Å². The zero-order valence-corrected chi connectivity index (χ0v) is 20.2. The third-order valence-corrected chi connectivity index (χ3v) is 6.04. The zero-order chi connectivity index (χ0) is 23.0. The summed E-state index contributed by atoms with van der Waals surface area (Å²) in [4.78, 5) is 0. The SMILES string of the molecule is Clc1ccc(COC(Cn2cc[n+](C/C=C/c3ccccc3)c2)c2ccc(Cl)cc2Cl)cc1. The first kappa shape index (κ1) is 23.6. The standard InChI is InChI=1S/C27H24Cl3N2O/c28-23-10-8-22(9-11-23)19-33-27(25-13-12-24(29)17-26(25)30)18-32-16-15-31(20-32)14-4-7-21-5-2-1-3-6-21/h1-13,15-17,20,27H,14,18-19H2/q+1/b7-4+. The number of benzene rings is 3. The maximum atomic E-state index is 6.52. The quantitative estimate of drug-likeness (QED) is 0.220. The van der Waals surface area contributed by atoms with Gasteiger partial charge < -0.3 is 4.74 Å². The number of ether oxygens (including phenoxy) is 1. The second kappa shape index (κ2) is 11.5. The molecule has 4 aromatic rings. The van der Waals surface area contributed by atoms with Crippen molar-refractivity contribution in [2.24, 2.45) is 0 Å². The van der Waals surface area contributed by atoms with E-state index < -0.39 is 0 Å². The van der Waals surface area contributed by atoms with Gasteiger partial charge in [-0.2, -0.15) is 0 Å². The molecule has 0 N–H and O–H groups in total. The van der Waals surface area contributed by atoms with Crippen LogP contribution in [0.5, 0.6) is 0 Å². The van der Waals surface area contributed by atoms with Crippen molar-refractivity contribution in [2.75, 3.05) is 0 Å². The van der Waals surface area contributed by atoms with Gasteiger partial charge in [-0.25, -0.2) is 9.13 Å². The molecule has 0 saturated heterocycles. The van der Waals surface area contributed by atoms with E-state index in [0.29, 0.717) is 28.2 Å². The van der Waals surface area contributed by atoms with Crippen molar-refractivity contribution >= 4 is 40.9 Å². The average molecular weight is 499 g/mol. The van der Waals surface area contributed by atoms with Gasteiger partial charge >= 0.3 is 0 Å². The maximum absolute atomic E-state index is 6.52. The fourth-order valence-electron chi connectivity index (χ4n) is 3.50. The van der Waals surface area contributed by atoms with E-state index in [1.807, 2.05) is 60.8 Å². The van der Waals surface area contributed by atoms with E-state index in [2.05, 4.69) is 45.9 Å². The number of nitrogens with zero attached hydrogens (tertiary/aromatic N) is 2. The largest absolute Gasteiger partial charge is 0.365 e. The normalized spacial score (nSPS) is 12.3. The van der Waals surface area contributed by atoms with Crippen molar-refractivity contribution in [3.63, 3.8) is 0 Å². The minimum atomic E-state index is -0.244. The summed E-state index contributed by atoms with van der Waals surface area (Å²) in [5.41, 5.74) is 3.13. The highest BCUT2D eigenvalue weighted by Crippen LogP contribution is 2.30. The highest BCUT2D eigenvalue weighted by Gasteiger charge is 2.20. The number of hydrogen-bond acceptors (Lipinski definition) is 1. The minimum Gasteiger partial charge on any atom is -0.365 e. The number of allylic oxidation sites excluding steroid dienone is 1. The Morgan fingerprint density at radius 3 is 2.42 bits per heavy atom. The molecule has 1 heterocycles. The van der Waals surface area contributed by atoms with Gasteiger partial charge in [0, 0.05) is 20.6 Å². The predicted molar refractivity (Wildman–Crippen MR) is 136 cm³/mol. The van der Waals surface area contributed by atoms with Gasteiger partial charge in [-0.3, -0.25) is 0 Å². The first-order valence-electron chi connectivity index (χ1n) is 10.6. The molecule has 168 valence electrons. The van der Waals surface area contributed by atoms with Crippen LogP contribution >= 0.6 is 34.8 Å². The van der Waals surface area contributed by atoms with Gasteiger partial charge in [0.1, 0.15) is 31.6 Å². The van der Waals surface area contributed by atoms with Crippen LogP contribution in [0.4, 0.5) is 0 Å². The highest BCUT2D eigenvalue weighted by molar-refractivity contribution is 6.35. The van der Waals surface area contributed by atoms with Crippen LogP contribution in [0, 0.1) is 0 Å². The van der Waals surface area contributed by atoms with E-state index in [4.69, 9.17) is 39.5 Å². The molecule has 4 rings (SSSR count). The third-order valence-electron chi connectivity index (χ3n) is 5.22. The molecular weight excluding hydrogens is 475 g/mol. The number of hydrogen-bond donors (Lipinski definition) is 0.